The van der Waals surface area contributed by atoms with Gasteiger partial charge in [-0.15, -0.1) is 11.3 Å². The van der Waals surface area contributed by atoms with Crippen molar-refractivity contribution in [2.24, 2.45) is 0 Å². The molecule has 5 heteroatoms. The highest BCUT2D eigenvalue weighted by Gasteiger charge is 2.15. The molecule has 0 radical (unpaired) electrons. The molecule has 0 saturated carbocycles. The van der Waals surface area contributed by atoms with E-state index in [1.165, 1.54) is 0 Å². The predicted molar refractivity (Wildman–Crippen MR) is 77.3 cm³/mol. The first kappa shape index (κ1) is 14.3. The van der Waals surface area contributed by atoms with Gasteiger partial charge in [0.15, 0.2) is 0 Å². The molecule has 0 saturated heterocycles. The smallest absolute Gasteiger partial charge is 0.305 e. The molecule has 1 unspecified atom stereocenters. The van der Waals surface area contributed by atoms with E-state index >= 15 is 0 Å². The lowest BCUT2D eigenvalue weighted by molar-refractivity contribution is -0.137. The summed E-state index contributed by atoms with van der Waals surface area (Å²) >= 11 is 1.55. The average molecular weight is 286 g/mol. The van der Waals surface area contributed by atoms with E-state index in [9.17, 15) is 4.79 Å². The second-order valence-corrected chi connectivity index (χ2v) is 5.33. The van der Waals surface area contributed by atoms with Gasteiger partial charge < -0.3 is 10.4 Å². The van der Waals surface area contributed by atoms with Gasteiger partial charge in [-0.2, -0.15) is 5.26 Å². The number of nitriles is 1. The summed E-state index contributed by atoms with van der Waals surface area (Å²) in [6.45, 7) is 0.571. The molecule has 1 aromatic carbocycles. The van der Waals surface area contributed by atoms with Crippen molar-refractivity contribution in [3.05, 3.63) is 57.8 Å². The number of thiophene rings is 1. The fourth-order valence-corrected chi connectivity index (χ4v) is 2.68. The third-order valence-corrected chi connectivity index (χ3v) is 3.89. The first-order valence-corrected chi connectivity index (χ1v) is 7.04. The molecule has 1 atom stereocenters. The molecule has 0 aliphatic heterocycles. The molecule has 20 heavy (non-hydrogen) atoms. The minimum atomic E-state index is -0.823. The molecule has 4 nitrogen and oxygen atoms in total. The standard InChI is InChI=1S/C15H14N2O2S/c16-9-11-3-5-12(6-4-11)10-17-13(8-15(18)19)14-2-1-7-20-14/h1-7,13,17H,8,10H2,(H,18,19). The topological polar surface area (TPSA) is 73.1 Å². The molecule has 2 N–H and O–H groups in total. The van der Waals surface area contributed by atoms with Crippen LogP contribution in [0.25, 0.3) is 0 Å². The lowest BCUT2D eigenvalue weighted by atomic mass is 10.1. The molecule has 1 aromatic heterocycles. The fraction of sp³-hybridized carbons (Fsp3) is 0.200. The zero-order valence-electron chi connectivity index (χ0n) is 10.7. The summed E-state index contributed by atoms with van der Waals surface area (Å²) in [5.74, 6) is -0.823. The molecule has 1 heterocycles. The summed E-state index contributed by atoms with van der Waals surface area (Å²) in [6, 6.07) is 13.0. The van der Waals surface area contributed by atoms with Crippen molar-refractivity contribution in [2.75, 3.05) is 0 Å². The van der Waals surface area contributed by atoms with Crippen LogP contribution in [0, 0.1) is 11.3 Å². The van der Waals surface area contributed by atoms with Crippen molar-refractivity contribution in [2.45, 2.75) is 19.0 Å². The largest absolute Gasteiger partial charge is 0.481 e. The van der Waals surface area contributed by atoms with Gasteiger partial charge in [-0.25, -0.2) is 0 Å². The molecule has 0 spiro atoms. The molecular formula is C15H14N2O2S. The average Bonchev–Trinajstić information content (AvgIpc) is 2.97. The second kappa shape index (κ2) is 6.85. The van der Waals surface area contributed by atoms with Crippen LogP contribution in [-0.2, 0) is 11.3 Å². The fourth-order valence-electron chi connectivity index (χ4n) is 1.88. The van der Waals surface area contributed by atoms with Crippen LogP contribution >= 0.6 is 11.3 Å². The summed E-state index contributed by atoms with van der Waals surface area (Å²) < 4.78 is 0. The van der Waals surface area contributed by atoms with Crippen molar-refractivity contribution in [3.8, 4) is 6.07 Å². The third-order valence-electron chi connectivity index (χ3n) is 2.90. The van der Waals surface area contributed by atoms with Crippen LogP contribution in [-0.4, -0.2) is 11.1 Å². The van der Waals surface area contributed by atoms with Gasteiger partial charge in [0, 0.05) is 11.4 Å². The van der Waals surface area contributed by atoms with E-state index in [4.69, 9.17) is 10.4 Å². The maximum Gasteiger partial charge on any atom is 0.305 e. The quantitative estimate of drug-likeness (QED) is 0.856. The van der Waals surface area contributed by atoms with E-state index in [-0.39, 0.29) is 12.5 Å². The van der Waals surface area contributed by atoms with Crippen molar-refractivity contribution in [1.82, 2.24) is 5.32 Å². The molecule has 102 valence electrons. The number of benzene rings is 1. The molecule has 0 amide bonds. The Kier molecular flexibility index (Phi) is 4.88. The molecule has 0 fully saturated rings. The van der Waals surface area contributed by atoms with Gasteiger partial charge in [0.05, 0.1) is 24.1 Å². The Morgan fingerprint density at radius 2 is 2.10 bits per heavy atom. The van der Waals surface area contributed by atoms with E-state index in [1.54, 1.807) is 23.5 Å². The zero-order chi connectivity index (χ0) is 14.4. The summed E-state index contributed by atoms with van der Waals surface area (Å²) in [5, 5.41) is 22.9. The predicted octanol–water partition coefficient (Wildman–Crippen LogP) is 2.93. The number of nitrogens with zero attached hydrogens (tertiary/aromatic N) is 1. The Bertz CT molecular complexity index is 600. The number of carbonyl (C=O) groups is 1. The number of nitrogens with one attached hydrogen (secondary N) is 1. The second-order valence-electron chi connectivity index (χ2n) is 4.36. The monoisotopic (exact) mass is 286 g/mol. The van der Waals surface area contributed by atoms with E-state index in [0.29, 0.717) is 12.1 Å². The Hall–Kier alpha value is -2.16. The summed E-state index contributed by atoms with van der Waals surface area (Å²) in [5.41, 5.74) is 1.64. The minimum absolute atomic E-state index is 0.0524. The SMILES string of the molecule is N#Cc1ccc(CNC(CC(=O)O)c2cccs2)cc1. The first-order chi connectivity index (χ1) is 9.69. The maximum atomic E-state index is 10.9. The molecule has 0 aliphatic rings. The van der Waals surface area contributed by atoms with Gasteiger partial charge in [-0.1, -0.05) is 18.2 Å². The van der Waals surface area contributed by atoms with E-state index in [2.05, 4.69) is 11.4 Å². The van der Waals surface area contributed by atoms with Crippen LogP contribution in [0.2, 0.25) is 0 Å². The Labute approximate surface area is 121 Å². The van der Waals surface area contributed by atoms with E-state index in [1.807, 2.05) is 29.6 Å². The van der Waals surface area contributed by atoms with Crippen molar-refractivity contribution >= 4 is 17.3 Å². The highest BCUT2D eigenvalue weighted by Crippen LogP contribution is 2.22. The third kappa shape index (κ3) is 3.92. The summed E-state index contributed by atoms with van der Waals surface area (Å²) in [4.78, 5) is 11.9. The van der Waals surface area contributed by atoms with Gasteiger partial charge in [0.1, 0.15) is 0 Å². The van der Waals surface area contributed by atoms with Crippen LogP contribution in [0.15, 0.2) is 41.8 Å². The molecule has 0 aliphatic carbocycles. The van der Waals surface area contributed by atoms with Crippen molar-refractivity contribution in [1.29, 1.82) is 5.26 Å². The first-order valence-electron chi connectivity index (χ1n) is 6.16. The lowest BCUT2D eigenvalue weighted by Crippen LogP contribution is -2.22. The number of rotatable bonds is 6. The normalized spacial score (nSPS) is 11.8. The zero-order valence-corrected chi connectivity index (χ0v) is 11.6. The Morgan fingerprint density at radius 1 is 1.35 bits per heavy atom. The molecular weight excluding hydrogens is 272 g/mol. The van der Waals surface area contributed by atoms with E-state index < -0.39 is 5.97 Å². The van der Waals surface area contributed by atoms with Crippen LogP contribution < -0.4 is 5.32 Å². The van der Waals surface area contributed by atoms with Gasteiger partial charge in [-0.3, -0.25) is 4.79 Å². The minimum Gasteiger partial charge on any atom is -0.481 e. The number of hydrogen-bond donors (Lipinski definition) is 2. The van der Waals surface area contributed by atoms with Gasteiger partial charge in [0.2, 0.25) is 0 Å². The summed E-state index contributed by atoms with van der Waals surface area (Å²) in [6.07, 6.45) is 0.0524. The highest BCUT2D eigenvalue weighted by atomic mass is 32.1. The van der Waals surface area contributed by atoms with Crippen LogP contribution in [0.5, 0.6) is 0 Å². The Morgan fingerprint density at radius 3 is 2.65 bits per heavy atom. The number of carboxylic acids is 1. The highest BCUT2D eigenvalue weighted by molar-refractivity contribution is 7.10. The molecule has 2 aromatic rings. The number of hydrogen-bond acceptors (Lipinski definition) is 4. The van der Waals surface area contributed by atoms with Crippen LogP contribution in [0.1, 0.15) is 28.5 Å². The Balaban J connectivity index is 2.01. The lowest BCUT2D eigenvalue weighted by Gasteiger charge is -2.15. The molecule has 2 rings (SSSR count). The van der Waals surface area contributed by atoms with Crippen molar-refractivity contribution in [3.63, 3.8) is 0 Å². The van der Waals surface area contributed by atoms with Crippen molar-refractivity contribution < 1.29 is 9.90 Å². The van der Waals surface area contributed by atoms with Gasteiger partial charge in [0.25, 0.3) is 0 Å². The summed E-state index contributed by atoms with van der Waals surface area (Å²) in [7, 11) is 0. The van der Waals surface area contributed by atoms with Gasteiger partial charge >= 0.3 is 5.97 Å². The van der Waals surface area contributed by atoms with Crippen LogP contribution in [0.4, 0.5) is 0 Å². The molecule has 0 bridgehead atoms. The number of aliphatic carboxylic acids is 1. The number of carboxylic acid groups (broad SMARTS) is 1. The van der Waals surface area contributed by atoms with Gasteiger partial charge in [-0.05, 0) is 29.1 Å². The van der Waals surface area contributed by atoms with Crippen LogP contribution in [0.3, 0.4) is 0 Å². The van der Waals surface area contributed by atoms with E-state index in [0.717, 1.165) is 10.4 Å². The maximum absolute atomic E-state index is 10.9.